The Morgan fingerprint density at radius 3 is 1.31 bits per heavy atom. The summed E-state index contributed by atoms with van der Waals surface area (Å²) in [4.78, 5) is 4.81. The Morgan fingerprint density at radius 1 is 0.647 bits per heavy atom. The third-order valence-corrected chi connectivity index (χ3v) is 18.0. The van der Waals surface area contributed by atoms with E-state index >= 15 is 0 Å². The maximum atomic E-state index is 5.52. The van der Waals surface area contributed by atoms with Gasteiger partial charge in [0.1, 0.15) is 0 Å². The molecule has 0 aromatic heterocycles. The van der Waals surface area contributed by atoms with Gasteiger partial charge in [0.15, 0.2) is 0 Å². The van der Waals surface area contributed by atoms with Crippen LogP contribution in [0.3, 0.4) is 0 Å². The van der Waals surface area contributed by atoms with Crippen LogP contribution in [0.1, 0.15) is 156 Å². The fourth-order valence-electron chi connectivity index (χ4n) is 9.81. The van der Waals surface area contributed by atoms with Gasteiger partial charge in [-0.3, -0.25) is 0 Å². The number of allylic oxidation sites excluding steroid dienone is 1. The molecule has 0 bridgehead atoms. The average Bonchev–Trinajstić information content (AvgIpc) is 3.57. The second kappa shape index (κ2) is 22.6. The van der Waals surface area contributed by atoms with Crippen molar-refractivity contribution in [1.82, 2.24) is 0 Å². The van der Waals surface area contributed by atoms with E-state index in [9.17, 15) is 0 Å². The van der Waals surface area contributed by atoms with E-state index in [1.807, 2.05) is 6.08 Å². The van der Waals surface area contributed by atoms with Gasteiger partial charge < -0.3 is 9.80 Å². The predicted molar refractivity (Wildman–Crippen MR) is 230 cm³/mol. The van der Waals surface area contributed by atoms with Crippen LogP contribution in [0.4, 0.5) is 11.4 Å². The van der Waals surface area contributed by atoms with Gasteiger partial charge in [0.05, 0.1) is 17.0 Å². The van der Waals surface area contributed by atoms with E-state index in [-0.39, 0.29) is 7.92 Å². The van der Waals surface area contributed by atoms with Crippen LogP contribution in [0.2, 0.25) is 0 Å². The summed E-state index contributed by atoms with van der Waals surface area (Å²) in [7, 11) is 11.0. The van der Waals surface area contributed by atoms with Crippen LogP contribution < -0.4 is 9.80 Å². The molecule has 1 saturated heterocycles. The van der Waals surface area contributed by atoms with Gasteiger partial charge in [0.25, 0.3) is 0 Å². The maximum absolute atomic E-state index is 5.52. The first-order valence-electron chi connectivity index (χ1n) is 20.6. The number of benzene rings is 2. The summed E-state index contributed by atoms with van der Waals surface area (Å²) in [6.45, 7) is 19.7. The average molecular weight is 843 g/mol. The van der Waals surface area contributed by atoms with Gasteiger partial charge in [-0.25, -0.2) is 0 Å². The van der Waals surface area contributed by atoms with Gasteiger partial charge in [0.2, 0.25) is 0 Å². The molecule has 0 radical (unpaired) electrons. The van der Waals surface area contributed by atoms with E-state index in [0.29, 0.717) is 0 Å². The van der Waals surface area contributed by atoms with Crippen molar-refractivity contribution >= 4 is 42.9 Å². The van der Waals surface area contributed by atoms with E-state index in [1.165, 1.54) is 74.6 Å². The fourth-order valence-corrected chi connectivity index (χ4v) is 16.2. The molecule has 4 aliphatic rings. The van der Waals surface area contributed by atoms with Crippen molar-refractivity contribution in [2.75, 3.05) is 22.9 Å². The molecular formula is C45H71Cl2N2PRu. The molecule has 6 heteroatoms. The maximum Gasteiger partial charge on any atom is 0.0146 e. The van der Waals surface area contributed by atoms with E-state index in [2.05, 4.69) is 93.5 Å². The molecule has 0 atom stereocenters. The van der Waals surface area contributed by atoms with E-state index < -0.39 is 13.5 Å². The minimum atomic E-state index is -1.61. The number of anilines is 2. The molecule has 6 rings (SSSR count). The standard InChI is InChI=1S/C21H27N2.C18H33P.C6H10.2ClH.Ru/c1-14-9-16(3)20(17(4)10-14)22-7-8-23(13-22)21-18(5)11-15(2)12-19(21)6;1-4-10-16(11-5-1)19(17-12-6-2-7-13-17)18-14-8-3-9-15-18;1-3-5-6-4-2;;;/h9-13H,7-8H2,1-6H3;16-18H,1-15H2;4H,3,5-6H2,1H3;2*1H;/q-1;;;;;+2/p-1. The van der Waals surface area contributed by atoms with E-state index in [0.717, 1.165) is 19.5 Å². The molecule has 2 aromatic carbocycles. The van der Waals surface area contributed by atoms with Crippen LogP contribution in [-0.2, 0) is 13.5 Å². The first-order valence-corrected chi connectivity index (χ1v) is 27.6. The van der Waals surface area contributed by atoms with Crippen LogP contribution in [0.15, 0.2) is 30.3 Å². The molecule has 2 aromatic rings. The molecule has 0 spiro atoms. The topological polar surface area (TPSA) is 6.48 Å². The van der Waals surface area contributed by atoms with Gasteiger partial charge in [0, 0.05) is 32.4 Å². The third kappa shape index (κ3) is 13.5. The van der Waals surface area contributed by atoms with Crippen molar-refractivity contribution in [3.63, 3.8) is 0 Å². The van der Waals surface area contributed by atoms with Crippen LogP contribution in [0.25, 0.3) is 0 Å². The summed E-state index contributed by atoms with van der Waals surface area (Å²) in [5, 5.41) is 0. The molecule has 1 aliphatic heterocycles. The fraction of sp³-hybridized carbons (Fsp3) is 0.667. The molecule has 4 fully saturated rings. The zero-order valence-corrected chi connectivity index (χ0v) is 37.6. The molecule has 51 heavy (non-hydrogen) atoms. The molecule has 2 nitrogen and oxygen atoms in total. The minimum Gasteiger partial charge on any atom is -0.502 e. The summed E-state index contributed by atoms with van der Waals surface area (Å²) in [6.07, 6.45) is 29.3. The molecule has 0 N–H and O–H groups in total. The van der Waals surface area contributed by atoms with Crippen molar-refractivity contribution in [3.8, 4) is 0 Å². The van der Waals surface area contributed by atoms with Crippen molar-refractivity contribution in [3.05, 3.63) is 70.4 Å². The second-order valence-corrected chi connectivity index (χ2v) is 25.0. The van der Waals surface area contributed by atoms with Gasteiger partial charge in [-0.1, -0.05) is 54.7 Å². The largest absolute Gasteiger partial charge is 0.502 e. The molecule has 288 valence electrons. The van der Waals surface area contributed by atoms with Gasteiger partial charge in [-0.2, -0.15) is 6.67 Å². The number of hydrogen-bond donors (Lipinski definition) is 0. The number of unbranched alkanes of at least 4 members (excludes halogenated alkanes) is 2. The Morgan fingerprint density at radius 2 is 1.00 bits per heavy atom. The van der Waals surface area contributed by atoms with Gasteiger partial charge >= 0.3 is 69.4 Å². The first-order chi connectivity index (χ1) is 24.6. The Bertz CT molecular complexity index is 1260. The molecular weight excluding hydrogens is 771 g/mol. The van der Waals surface area contributed by atoms with Crippen LogP contribution in [0, 0.1) is 48.2 Å². The smallest absolute Gasteiger partial charge is 0.0146 e. The van der Waals surface area contributed by atoms with Crippen molar-refractivity contribution in [2.24, 2.45) is 0 Å². The Balaban J connectivity index is 0.000000188. The minimum absolute atomic E-state index is 0.0465. The van der Waals surface area contributed by atoms with Gasteiger partial charge in [-0.15, -0.1) is 0 Å². The van der Waals surface area contributed by atoms with E-state index in [4.69, 9.17) is 19.4 Å². The van der Waals surface area contributed by atoms with Crippen LogP contribution >= 0.6 is 27.3 Å². The zero-order valence-electron chi connectivity index (χ0n) is 33.3. The van der Waals surface area contributed by atoms with Crippen molar-refractivity contribution < 1.29 is 13.5 Å². The summed E-state index contributed by atoms with van der Waals surface area (Å²) >= 11 is -1.61. The first kappa shape index (κ1) is 43.1. The number of aryl methyl sites for hydroxylation is 6. The number of hydrogen-bond acceptors (Lipinski definition) is 2. The summed E-state index contributed by atoms with van der Waals surface area (Å²) in [5.74, 6) is 0. The summed E-state index contributed by atoms with van der Waals surface area (Å²) in [6, 6.07) is 9.12. The Labute approximate surface area is 328 Å². The molecule has 0 unspecified atom stereocenters. The number of halogens is 2. The van der Waals surface area contributed by atoms with Crippen molar-refractivity contribution in [2.45, 2.75) is 181 Å². The molecule has 1 heterocycles. The Hall–Kier alpha value is -0.677. The van der Waals surface area contributed by atoms with Crippen LogP contribution in [0.5, 0.6) is 0 Å². The quantitative estimate of drug-likeness (QED) is 0.113. The molecule has 0 amide bonds. The Kier molecular flexibility index (Phi) is 19.1. The predicted octanol–water partition coefficient (Wildman–Crippen LogP) is 14.2. The number of nitrogens with zero attached hydrogens (tertiary/aromatic N) is 2. The molecule has 3 saturated carbocycles. The van der Waals surface area contributed by atoms with Crippen LogP contribution in [-0.4, -0.2) is 34.3 Å². The zero-order chi connectivity index (χ0) is 36.8. The number of rotatable bonds is 8. The molecule has 3 aliphatic carbocycles. The van der Waals surface area contributed by atoms with Gasteiger partial charge in [-0.05, 0) is 141 Å². The third-order valence-electron chi connectivity index (χ3n) is 11.8. The monoisotopic (exact) mass is 842 g/mol. The SMILES string of the molecule is C1CCC([PH+](C2CCCCC2)C2CCCCC2)CC1.CCCCC=[C]=[Ru]([Cl])[Cl].Cc1cc(C)c(N2[CH-]N(c3c(C)cc(C)cc3C)CC2)c(C)c1. The van der Waals surface area contributed by atoms with E-state index in [1.54, 1.807) is 96.3 Å². The second-order valence-electron chi connectivity index (χ2n) is 16.1. The normalized spacial score (nSPS) is 19.2. The summed E-state index contributed by atoms with van der Waals surface area (Å²) < 4.78 is 2.93. The summed E-state index contributed by atoms with van der Waals surface area (Å²) in [5.41, 5.74) is 14.5. The van der Waals surface area contributed by atoms with Crippen molar-refractivity contribution in [1.29, 1.82) is 0 Å².